The number of hydrogen-bond acceptors (Lipinski definition) is 1. The van der Waals surface area contributed by atoms with Gasteiger partial charge < -0.3 is 4.74 Å². The van der Waals surface area contributed by atoms with Crippen LogP contribution in [0.4, 0.5) is 0 Å². The van der Waals surface area contributed by atoms with Gasteiger partial charge in [0.1, 0.15) is 5.75 Å². The summed E-state index contributed by atoms with van der Waals surface area (Å²) in [5.74, 6) is 3.31. The first-order valence-corrected chi connectivity index (χ1v) is 5.98. The monoisotopic (exact) mass is 256 g/mol. The van der Waals surface area contributed by atoms with Gasteiger partial charge >= 0.3 is 0 Å². The van der Waals surface area contributed by atoms with Crippen molar-refractivity contribution >= 4 is 23.2 Å². The molecule has 86 valence electrons. The van der Waals surface area contributed by atoms with Gasteiger partial charge in [-0.15, -0.1) is 12.3 Å². The summed E-state index contributed by atoms with van der Waals surface area (Å²) < 4.78 is 5.61. The lowest BCUT2D eigenvalue weighted by atomic mass is 10.1. The molecular formula is C13H14Cl2O. The Hall–Kier alpha value is -0.840. The van der Waals surface area contributed by atoms with E-state index in [4.69, 9.17) is 34.4 Å². The highest BCUT2D eigenvalue weighted by molar-refractivity contribution is 6.35. The standard InChI is InChI=1S/C13H14Cl2O/c1-3-5-6-10-8-11(14)9-12(15)13(10)16-7-4-2/h1,8-9H,4-7H2,2H3. The average Bonchev–Trinajstić information content (AvgIpc) is 2.24. The Bertz CT molecular complexity index is 394. The van der Waals surface area contributed by atoms with Crippen molar-refractivity contribution in [3.8, 4) is 18.1 Å². The maximum atomic E-state index is 6.09. The molecule has 0 radical (unpaired) electrons. The number of ether oxygens (including phenoxy) is 1. The largest absolute Gasteiger partial charge is 0.492 e. The van der Waals surface area contributed by atoms with Gasteiger partial charge in [0.25, 0.3) is 0 Å². The lowest BCUT2D eigenvalue weighted by Crippen LogP contribution is -2.00. The molecule has 0 saturated carbocycles. The Morgan fingerprint density at radius 3 is 2.75 bits per heavy atom. The summed E-state index contributed by atoms with van der Waals surface area (Å²) in [5, 5.41) is 1.16. The van der Waals surface area contributed by atoms with Crippen LogP contribution in [-0.4, -0.2) is 6.61 Å². The van der Waals surface area contributed by atoms with Gasteiger partial charge in [0.15, 0.2) is 0 Å². The van der Waals surface area contributed by atoms with Crippen LogP contribution < -0.4 is 4.74 Å². The third-order valence-corrected chi connectivity index (χ3v) is 2.57. The van der Waals surface area contributed by atoms with E-state index in [1.165, 1.54) is 0 Å². The molecule has 0 bridgehead atoms. The van der Waals surface area contributed by atoms with E-state index in [0.29, 0.717) is 28.8 Å². The zero-order chi connectivity index (χ0) is 12.0. The quantitative estimate of drug-likeness (QED) is 0.712. The van der Waals surface area contributed by atoms with Crippen molar-refractivity contribution in [1.82, 2.24) is 0 Å². The maximum absolute atomic E-state index is 6.09. The van der Waals surface area contributed by atoms with Crippen LogP contribution in [0.2, 0.25) is 10.0 Å². The normalized spacial score (nSPS) is 9.88. The first-order chi connectivity index (χ1) is 7.69. The zero-order valence-corrected chi connectivity index (χ0v) is 10.7. The van der Waals surface area contributed by atoms with Crippen molar-refractivity contribution in [3.05, 3.63) is 27.7 Å². The van der Waals surface area contributed by atoms with Crippen molar-refractivity contribution in [2.24, 2.45) is 0 Å². The van der Waals surface area contributed by atoms with Crippen LogP contribution in [0.15, 0.2) is 12.1 Å². The molecule has 0 N–H and O–H groups in total. The van der Waals surface area contributed by atoms with E-state index >= 15 is 0 Å². The molecule has 3 heteroatoms. The highest BCUT2D eigenvalue weighted by Crippen LogP contribution is 2.33. The number of hydrogen-bond donors (Lipinski definition) is 0. The Kier molecular flexibility index (Phi) is 5.52. The van der Waals surface area contributed by atoms with E-state index in [9.17, 15) is 0 Å². The highest BCUT2D eigenvalue weighted by atomic mass is 35.5. The second-order valence-corrected chi connectivity index (χ2v) is 4.27. The highest BCUT2D eigenvalue weighted by Gasteiger charge is 2.10. The predicted octanol–water partition coefficient (Wildman–Crippen LogP) is 4.35. The lowest BCUT2D eigenvalue weighted by molar-refractivity contribution is 0.314. The van der Waals surface area contributed by atoms with Gasteiger partial charge in [0, 0.05) is 11.4 Å². The fourth-order valence-corrected chi connectivity index (χ4v) is 1.96. The van der Waals surface area contributed by atoms with Crippen LogP contribution in [0.5, 0.6) is 5.75 Å². The van der Waals surface area contributed by atoms with Crippen molar-refractivity contribution in [2.75, 3.05) is 6.61 Å². The molecule has 0 heterocycles. The Morgan fingerprint density at radius 2 is 2.12 bits per heavy atom. The Balaban J connectivity index is 2.96. The molecule has 0 saturated heterocycles. The van der Waals surface area contributed by atoms with E-state index in [0.717, 1.165) is 18.4 Å². The molecule has 0 unspecified atom stereocenters. The summed E-state index contributed by atoms with van der Waals surface area (Å²) >= 11 is 12.0. The SMILES string of the molecule is C#CCCc1cc(Cl)cc(Cl)c1OCCC. The minimum absolute atomic E-state index is 0.549. The van der Waals surface area contributed by atoms with Gasteiger partial charge in [-0.05, 0) is 30.5 Å². The number of halogens is 2. The van der Waals surface area contributed by atoms with Crippen LogP contribution in [0.1, 0.15) is 25.3 Å². The zero-order valence-electron chi connectivity index (χ0n) is 9.22. The molecule has 1 aromatic rings. The van der Waals surface area contributed by atoms with Gasteiger partial charge in [-0.1, -0.05) is 30.1 Å². The average molecular weight is 257 g/mol. The molecule has 0 aliphatic carbocycles. The molecule has 0 aliphatic rings. The van der Waals surface area contributed by atoms with E-state index in [1.807, 2.05) is 13.0 Å². The molecule has 1 rings (SSSR count). The van der Waals surface area contributed by atoms with E-state index in [1.54, 1.807) is 6.07 Å². The molecule has 1 aromatic carbocycles. The van der Waals surface area contributed by atoms with Crippen molar-refractivity contribution < 1.29 is 4.74 Å². The third kappa shape index (κ3) is 3.63. The fraction of sp³-hybridized carbons (Fsp3) is 0.385. The van der Waals surface area contributed by atoms with Gasteiger partial charge in [-0.2, -0.15) is 0 Å². The van der Waals surface area contributed by atoms with E-state index in [2.05, 4.69) is 5.92 Å². The first-order valence-electron chi connectivity index (χ1n) is 5.23. The predicted molar refractivity (Wildman–Crippen MR) is 69.4 cm³/mol. The summed E-state index contributed by atoms with van der Waals surface area (Å²) in [7, 11) is 0. The third-order valence-electron chi connectivity index (χ3n) is 2.07. The summed E-state index contributed by atoms with van der Waals surface area (Å²) in [5.41, 5.74) is 0.976. The van der Waals surface area contributed by atoms with Crippen molar-refractivity contribution in [3.63, 3.8) is 0 Å². The van der Waals surface area contributed by atoms with Gasteiger partial charge in [-0.25, -0.2) is 0 Å². The van der Waals surface area contributed by atoms with Crippen molar-refractivity contribution in [2.45, 2.75) is 26.2 Å². The van der Waals surface area contributed by atoms with Gasteiger partial charge in [-0.3, -0.25) is 0 Å². The molecule has 1 nitrogen and oxygen atoms in total. The van der Waals surface area contributed by atoms with Gasteiger partial charge in [0.05, 0.1) is 11.6 Å². The smallest absolute Gasteiger partial charge is 0.141 e. The second-order valence-electron chi connectivity index (χ2n) is 3.43. The maximum Gasteiger partial charge on any atom is 0.141 e. The molecule has 0 spiro atoms. The molecule has 0 aliphatic heterocycles. The molecule has 0 aromatic heterocycles. The van der Waals surface area contributed by atoms with Gasteiger partial charge in [0.2, 0.25) is 0 Å². The second kappa shape index (κ2) is 6.68. The molecule has 0 fully saturated rings. The topological polar surface area (TPSA) is 9.23 Å². The van der Waals surface area contributed by atoms with Crippen LogP contribution in [0.25, 0.3) is 0 Å². The molecular weight excluding hydrogens is 243 g/mol. The summed E-state index contributed by atoms with van der Waals surface area (Å²) in [4.78, 5) is 0. The van der Waals surface area contributed by atoms with Crippen LogP contribution >= 0.6 is 23.2 Å². The lowest BCUT2D eigenvalue weighted by Gasteiger charge is -2.12. The van der Waals surface area contributed by atoms with Crippen LogP contribution in [0.3, 0.4) is 0 Å². The number of terminal acetylenes is 1. The molecule has 16 heavy (non-hydrogen) atoms. The minimum atomic E-state index is 0.549. The fourth-order valence-electron chi connectivity index (χ4n) is 1.37. The number of aryl methyl sites for hydroxylation is 1. The van der Waals surface area contributed by atoms with E-state index in [-0.39, 0.29) is 0 Å². The molecule has 0 atom stereocenters. The summed E-state index contributed by atoms with van der Waals surface area (Å²) in [6.45, 7) is 2.69. The number of benzene rings is 1. The van der Waals surface area contributed by atoms with E-state index < -0.39 is 0 Å². The van der Waals surface area contributed by atoms with Crippen LogP contribution in [-0.2, 0) is 6.42 Å². The molecule has 0 amide bonds. The number of rotatable bonds is 5. The minimum Gasteiger partial charge on any atom is -0.492 e. The van der Waals surface area contributed by atoms with Crippen molar-refractivity contribution in [1.29, 1.82) is 0 Å². The van der Waals surface area contributed by atoms with Crippen LogP contribution in [0, 0.1) is 12.3 Å². The Morgan fingerprint density at radius 1 is 1.38 bits per heavy atom. The first kappa shape index (κ1) is 13.2. The summed E-state index contributed by atoms with van der Waals surface area (Å²) in [6.07, 6.45) is 7.57. The Labute approximate surface area is 107 Å². The summed E-state index contributed by atoms with van der Waals surface area (Å²) in [6, 6.07) is 3.54.